The van der Waals surface area contributed by atoms with Gasteiger partial charge in [0, 0.05) is 0 Å². The van der Waals surface area contributed by atoms with Crippen molar-refractivity contribution in [1.82, 2.24) is 19.9 Å². The molecule has 24 heavy (non-hydrogen) atoms. The number of carbonyl (C=O) groups is 2. The second kappa shape index (κ2) is 8.36. The van der Waals surface area contributed by atoms with Gasteiger partial charge in [-0.05, 0) is 27.7 Å². The van der Waals surface area contributed by atoms with Crippen molar-refractivity contribution in [3.05, 3.63) is 22.8 Å². The van der Waals surface area contributed by atoms with Gasteiger partial charge in [0.15, 0.2) is 0 Å². The van der Waals surface area contributed by atoms with Crippen LogP contribution in [-0.4, -0.2) is 32.8 Å². The van der Waals surface area contributed by atoms with Crippen molar-refractivity contribution >= 4 is 36.1 Å². The molecule has 0 aliphatic rings. The van der Waals surface area contributed by atoms with Gasteiger partial charge in [-0.15, -0.1) is 0 Å². The number of aryl methyl sites for hydroxylation is 4. The number of carbonyl (C=O) groups excluding carboxylic acids is 2. The van der Waals surface area contributed by atoms with E-state index in [1.165, 1.54) is 0 Å². The predicted octanol–water partition coefficient (Wildman–Crippen LogP) is 0.488. The third kappa shape index (κ3) is 4.87. The first kappa shape index (κ1) is 18.7. The van der Waals surface area contributed by atoms with Crippen molar-refractivity contribution in [2.75, 3.05) is 22.1 Å². The highest BCUT2D eigenvalue weighted by Crippen LogP contribution is 2.16. The van der Waals surface area contributed by atoms with Gasteiger partial charge in [-0.3, -0.25) is 14.9 Å². The molecular weight excluding hydrogens is 312 g/mol. The standard InChI is InChI=1S/2C7H10N4O/c1-4-6(9-3-12)5(2)11-7(8)10-4;1-4-6(8)5(2)11-7(10-4)9-3-12/h3H,1-2H3,(H,9,12)(H2,8,10,11);3H,8H2,1-2H3,(H,9,10,11,12). The highest BCUT2D eigenvalue weighted by atomic mass is 16.1. The Labute approximate surface area is 139 Å². The molecule has 0 aromatic carbocycles. The van der Waals surface area contributed by atoms with E-state index < -0.39 is 0 Å². The molecular formula is C14H20N8O2. The van der Waals surface area contributed by atoms with Crippen LogP contribution in [0.4, 0.5) is 23.3 Å². The smallest absolute Gasteiger partial charge is 0.229 e. The molecule has 0 spiro atoms. The fourth-order valence-electron chi connectivity index (χ4n) is 1.85. The topological polar surface area (TPSA) is 162 Å². The minimum absolute atomic E-state index is 0.224. The lowest BCUT2D eigenvalue weighted by atomic mass is 10.3. The number of hydrogen-bond acceptors (Lipinski definition) is 8. The quantitative estimate of drug-likeness (QED) is 0.588. The number of nitrogens with zero attached hydrogens (tertiary/aromatic N) is 4. The second-order valence-electron chi connectivity index (χ2n) is 4.78. The van der Waals surface area contributed by atoms with Crippen LogP contribution in [0.25, 0.3) is 0 Å². The Morgan fingerprint density at radius 1 is 0.750 bits per heavy atom. The van der Waals surface area contributed by atoms with E-state index in [0.29, 0.717) is 47.0 Å². The minimum atomic E-state index is 0.224. The molecule has 10 heteroatoms. The summed E-state index contributed by atoms with van der Waals surface area (Å²) in [5.74, 6) is 0.510. The van der Waals surface area contributed by atoms with Crippen LogP contribution >= 0.6 is 0 Å². The van der Waals surface area contributed by atoms with Crippen LogP contribution in [0.3, 0.4) is 0 Å². The predicted molar refractivity (Wildman–Crippen MR) is 91.2 cm³/mol. The number of amides is 2. The van der Waals surface area contributed by atoms with Crippen LogP contribution in [0, 0.1) is 27.7 Å². The number of hydrogen-bond donors (Lipinski definition) is 4. The molecule has 0 unspecified atom stereocenters. The maximum Gasteiger partial charge on any atom is 0.229 e. The molecule has 0 saturated heterocycles. The number of anilines is 4. The van der Waals surface area contributed by atoms with Crippen molar-refractivity contribution in [1.29, 1.82) is 0 Å². The minimum Gasteiger partial charge on any atom is -0.396 e. The van der Waals surface area contributed by atoms with E-state index in [9.17, 15) is 9.59 Å². The maximum atomic E-state index is 10.2. The fraction of sp³-hybridized carbons (Fsp3) is 0.286. The zero-order valence-corrected chi connectivity index (χ0v) is 13.9. The summed E-state index contributed by atoms with van der Waals surface area (Å²) in [6.07, 6.45) is 1.12. The number of nitrogens with one attached hydrogen (secondary N) is 2. The lowest BCUT2D eigenvalue weighted by Crippen LogP contribution is -2.06. The summed E-state index contributed by atoms with van der Waals surface area (Å²) in [4.78, 5) is 35.9. The number of nitrogen functional groups attached to an aromatic ring is 2. The van der Waals surface area contributed by atoms with Crippen LogP contribution in [0.5, 0.6) is 0 Å². The summed E-state index contributed by atoms with van der Waals surface area (Å²) in [6.45, 7) is 7.05. The van der Waals surface area contributed by atoms with Gasteiger partial charge in [0.25, 0.3) is 0 Å². The molecule has 0 bridgehead atoms. The maximum absolute atomic E-state index is 10.2. The van der Waals surface area contributed by atoms with E-state index in [0.717, 1.165) is 0 Å². The highest BCUT2D eigenvalue weighted by Gasteiger charge is 2.05. The molecule has 2 heterocycles. The van der Waals surface area contributed by atoms with Crippen molar-refractivity contribution in [3.8, 4) is 0 Å². The second-order valence-corrected chi connectivity index (χ2v) is 4.78. The zero-order valence-electron chi connectivity index (χ0n) is 13.9. The van der Waals surface area contributed by atoms with E-state index in [2.05, 4.69) is 30.6 Å². The van der Waals surface area contributed by atoms with Gasteiger partial charge >= 0.3 is 0 Å². The monoisotopic (exact) mass is 332 g/mol. The van der Waals surface area contributed by atoms with Crippen molar-refractivity contribution in [2.45, 2.75) is 27.7 Å². The molecule has 6 N–H and O–H groups in total. The molecule has 2 aromatic rings. The average molecular weight is 332 g/mol. The molecule has 0 saturated carbocycles. The van der Waals surface area contributed by atoms with Crippen LogP contribution < -0.4 is 22.1 Å². The Balaban J connectivity index is 0.000000240. The summed E-state index contributed by atoms with van der Waals surface area (Å²) in [7, 11) is 0. The molecule has 0 fully saturated rings. The summed E-state index contributed by atoms with van der Waals surface area (Å²) in [5.41, 5.74) is 14.9. The summed E-state index contributed by atoms with van der Waals surface area (Å²) in [6, 6.07) is 0. The molecule has 10 nitrogen and oxygen atoms in total. The summed E-state index contributed by atoms with van der Waals surface area (Å²) in [5, 5.41) is 4.87. The Kier molecular flexibility index (Phi) is 6.53. The molecule has 0 aliphatic heterocycles. The zero-order chi connectivity index (χ0) is 18.3. The molecule has 2 amide bonds. The molecule has 2 aromatic heterocycles. The largest absolute Gasteiger partial charge is 0.396 e. The van der Waals surface area contributed by atoms with Gasteiger partial charge in [-0.25, -0.2) is 19.9 Å². The van der Waals surface area contributed by atoms with E-state index in [1.54, 1.807) is 27.7 Å². The number of rotatable bonds is 4. The average Bonchev–Trinajstić information content (AvgIpc) is 2.49. The van der Waals surface area contributed by atoms with Gasteiger partial charge in [-0.2, -0.15) is 0 Å². The fourth-order valence-corrected chi connectivity index (χ4v) is 1.85. The molecule has 0 atom stereocenters. The lowest BCUT2D eigenvalue weighted by molar-refractivity contribution is -0.106. The van der Waals surface area contributed by atoms with Gasteiger partial charge in [0.1, 0.15) is 0 Å². The van der Waals surface area contributed by atoms with Crippen LogP contribution in [-0.2, 0) is 9.59 Å². The molecule has 0 radical (unpaired) electrons. The Morgan fingerprint density at radius 3 is 1.62 bits per heavy atom. The normalized spacial score (nSPS) is 9.50. The van der Waals surface area contributed by atoms with Gasteiger partial charge < -0.3 is 16.8 Å². The molecule has 2 rings (SSSR count). The third-order valence-corrected chi connectivity index (χ3v) is 3.01. The van der Waals surface area contributed by atoms with Gasteiger partial charge in [-0.1, -0.05) is 0 Å². The molecule has 0 aliphatic carbocycles. The Morgan fingerprint density at radius 2 is 1.21 bits per heavy atom. The van der Waals surface area contributed by atoms with Crippen molar-refractivity contribution < 1.29 is 9.59 Å². The van der Waals surface area contributed by atoms with Crippen LogP contribution in [0.15, 0.2) is 0 Å². The van der Waals surface area contributed by atoms with Crippen molar-refractivity contribution in [3.63, 3.8) is 0 Å². The highest BCUT2D eigenvalue weighted by molar-refractivity contribution is 5.74. The Bertz CT molecular complexity index is 702. The number of nitrogens with two attached hydrogens (primary N) is 2. The third-order valence-electron chi connectivity index (χ3n) is 3.01. The van der Waals surface area contributed by atoms with Crippen LogP contribution in [0.2, 0.25) is 0 Å². The first-order valence-electron chi connectivity index (χ1n) is 6.91. The summed E-state index contributed by atoms with van der Waals surface area (Å²) >= 11 is 0. The number of aromatic nitrogens is 4. The van der Waals surface area contributed by atoms with Gasteiger partial charge in [0.2, 0.25) is 24.7 Å². The van der Waals surface area contributed by atoms with Crippen LogP contribution in [0.1, 0.15) is 22.8 Å². The lowest BCUT2D eigenvalue weighted by Gasteiger charge is -2.06. The van der Waals surface area contributed by atoms with Crippen molar-refractivity contribution in [2.24, 2.45) is 0 Å². The van der Waals surface area contributed by atoms with E-state index in [4.69, 9.17) is 11.5 Å². The summed E-state index contributed by atoms with van der Waals surface area (Å²) < 4.78 is 0. The SMILES string of the molecule is Cc1nc(N)nc(C)c1NC=O.Cc1nc(NC=O)nc(C)c1N. The van der Waals surface area contributed by atoms with E-state index in [-0.39, 0.29) is 11.9 Å². The van der Waals surface area contributed by atoms with Gasteiger partial charge in [0.05, 0.1) is 34.2 Å². The first-order chi connectivity index (χ1) is 11.3. The first-order valence-corrected chi connectivity index (χ1v) is 6.91. The molecule has 128 valence electrons. The van der Waals surface area contributed by atoms with E-state index in [1.807, 2.05) is 0 Å². The van der Waals surface area contributed by atoms with E-state index >= 15 is 0 Å². The Hall–Kier alpha value is -3.30.